The maximum Gasteiger partial charge on any atom is 0.239 e. The lowest BCUT2D eigenvalue weighted by Gasteiger charge is -2.07. The van der Waals surface area contributed by atoms with Gasteiger partial charge in [-0.15, -0.1) is 0 Å². The van der Waals surface area contributed by atoms with Crippen molar-refractivity contribution in [2.45, 2.75) is 6.42 Å². The molecule has 0 bridgehead atoms. The zero-order valence-electron chi connectivity index (χ0n) is 9.23. The molecule has 2 N–H and O–H groups in total. The molecule has 1 aromatic carbocycles. The SMILES string of the molecule is N#CCCNC(=O)CNc1ccccc1C#N. The van der Waals surface area contributed by atoms with Crippen LogP contribution in [0.2, 0.25) is 0 Å². The van der Waals surface area contributed by atoms with Crippen molar-refractivity contribution in [1.29, 1.82) is 10.5 Å². The smallest absolute Gasteiger partial charge is 0.239 e. The van der Waals surface area contributed by atoms with Crippen LogP contribution in [-0.4, -0.2) is 19.0 Å². The molecule has 86 valence electrons. The Morgan fingerprint density at radius 2 is 2.06 bits per heavy atom. The second-order valence-corrected chi connectivity index (χ2v) is 3.27. The van der Waals surface area contributed by atoms with Crippen molar-refractivity contribution in [3.05, 3.63) is 29.8 Å². The van der Waals surface area contributed by atoms with Crippen molar-refractivity contribution in [1.82, 2.24) is 5.32 Å². The van der Waals surface area contributed by atoms with Gasteiger partial charge in [-0.3, -0.25) is 4.79 Å². The molecule has 1 rings (SSSR count). The van der Waals surface area contributed by atoms with E-state index in [9.17, 15) is 4.79 Å². The van der Waals surface area contributed by atoms with Crippen LogP contribution in [0, 0.1) is 22.7 Å². The van der Waals surface area contributed by atoms with Crippen molar-refractivity contribution >= 4 is 11.6 Å². The Morgan fingerprint density at radius 3 is 2.76 bits per heavy atom. The fourth-order valence-electron chi connectivity index (χ4n) is 1.23. The van der Waals surface area contributed by atoms with Gasteiger partial charge in [0, 0.05) is 6.54 Å². The number of carbonyl (C=O) groups is 1. The average molecular weight is 228 g/mol. The van der Waals surface area contributed by atoms with E-state index in [4.69, 9.17) is 10.5 Å². The minimum atomic E-state index is -0.201. The minimum absolute atomic E-state index is 0.0874. The first-order valence-electron chi connectivity index (χ1n) is 5.14. The lowest BCUT2D eigenvalue weighted by Crippen LogP contribution is -2.30. The molecule has 0 unspecified atom stereocenters. The second kappa shape index (κ2) is 6.86. The van der Waals surface area contributed by atoms with E-state index in [1.165, 1.54) is 0 Å². The molecular formula is C12H12N4O. The van der Waals surface area contributed by atoms with Crippen LogP contribution in [0.1, 0.15) is 12.0 Å². The van der Waals surface area contributed by atoms with Gasteiger partial charge in [0.15, 0.2) is 0 Å². The predicted molar refractivity (Wildman–Crippen MR) is 62.9 cm³/mol. The second-order valence-electron chi connectivity index (χ2n) is 3.27. The fourth-order valence-corrected chi connectivity index (χ4v) is 1.23. The van der Waals surface area contributed by atoms with Crippen LogP contribution in [0.15, 0.2) is 24.3 Å². The van der Waals surface area contributed by atoms with Crippen LogP contribution in [-0.2, 0) is 4.79 Å². The molecule has 0 radical (unpaired) electrons. The first-order chi connectivity index (χ1) is 8.27. The van der Waals surface area contributed by atoms with Gasteiger partial charge in [-0.25, -0.2) is 0 Å². The van der Waals surface area contributed by atoms with Crippen molar-refractivity contribution in [2.24, 2.45) is 0 Å². The normalized spacial score (nSPS) is 8.82. The molecule has 0 saturated heterocycles. The van der Waals surface area contributed by atoms with Gasteiger partial charge in [0.2, 0.25) is 5.91 Å². The lowest BCUT2D eigenvalue weighted by molar-refractivity contribution is -0.119. The van der Waals surface area contributed by atoms with Crippen molar-refractivity contribution in [2.75, 3.05) is 18.4 Å². The van der Waals surface area contributed by atoms with E-state index in [0.717, 1.165) is 0 Å². The van der Waals surface area contributed by atoms with E-state index in [2.05, 4.69) is 10.6 Å². The summed E-state index contributed by atoms with van der Waals surface area (Å²) in [6.07, 6.45) is 0.292. The van der Waals surface area contributed by atoms with Crippen LogP contribution in [0.4, 0.5) is 5.69 Å². The number of nitriles is 2. The van der Waals surface area contributed by atoms with Gasteiger partial charge in [0.1, 0.15) is 6.07 Å². The van der Waals surface area contributed by atoms with E-state index in [0.29, 0.717) is 24.2 Å². The molecule has 1 amide bonds. The molecule has 0 aliphatic carbocycles. The highest BCUT2D eigenvalue weighted by Crippen LogP contribution is 2.12. The van der Waals surface area contributed by atoms with Crippen LogP contribution in [0.5, 0.6) is 0 Å². The van der Waals surface area contributed by atoms with E-state index >= 15 is 0 Å². The molecule has 5 nitrogen and oxygen atoms in total. The highest BCUT2D eigenvalue weighted by atomic mass is 16.1. The van der Waals surface area contributed by atoms with Gasteiger partial charge >= 0.3 is 0 Å². The van der Waals surface area contributed by atoms with Gasteiger partial charge in [0.05, 0.1) is 30.3 Å². The average Bonchev–Trinajstić information content (AvgIpc) is 2.37. The summed E-state index contributed by atoms with van der Waals surface area (Å²) in [7, 11) is 0. The summed E-state index contributed by atoms with van der Waals surface area (Å²) in [5, 5.41) is 22.6. The van der Waals surface area contributed by atoms with Crippen LogP contribution in [0.25, 0.3) is 0 Å². The molecule has 0 aliphatic rings. The number of nitrogens with zero attached hydrogens (tertiary/aromatic N) is 2. The van der Waals surface area contributed by atoms with E-state index in [1.54, 1.807) is 24.3 Å². The number of anilines is 1. The summed E-state index contributed by atoms with van der Waals surface area (Å²) in [5.74, 6) is -0.201. The zero-order valence-corrected chi connectivity index (χ0v) is 9.23. The van der Waals surface area contributed by atoms with Gasteiger partial charge in [0.25, 0.3) is 0 Å². The van der Waals surface area contributed by atoms with Crippen molar-refractivity contribution < 1.29 is 4.79 Å². The van der Waals surface area contributed by atoms with Crippen molar-refractivity contribution in [3.63, 3.8) is 0 Å². The van der Waals surface area contributed by atoms with E-state index < -0.39 is 0 Å². The largest absolute Gasteiger partial charge is 0.375 e. The molecule has 17 heavy (non-hydrogen) atoms. The Balaban J connectivity index is 2.43. The van der Waals surface area contributed by atoms with E-state index in [-0.39, 0.29) is 12.5 Å². The number of hydrogen-bond acceptors (Lipinski definition) is 4. The molecule has 0 aromatic heterocycles. The zero-order chi connectivity index (χ0) is 12.5. The highest BCUT2D eigenvalue weighted by molar-refractivity contribution is 5.81. The molecule has 0 saturated carbocycles. The maximum atomic E-state index is 11.3. The minimum Gasteiger partial charge on any atom is -0.375 e. The molecule has 1 aromatic rings. The molecule has 0 atom stereocenters. The molecule has 0 spiro atoms. The van der Waals surface area contributed by atoms with Gasteiger partial charge in [-0.2, -0.15) is 10.5 Å². The van der Waals surface area contributed by atoms with Crippen LogP contribution >= 0.6 is 0 Å². The summed E-state index contributed by atoms with van der Waals surface area (Å²) >= 11 is 0. The number of carbonyl (C=O) groups excluding carboxylic acids is 1. The summed E-state index contributed by atoms with van der Waals surface area (Å²) in [4.78, 5) is 11.3. The molecular weight excluding hydrogens is 216 g/mol. The summed E-state index contributed by atoms with van der Waals surface area (Å²) in [6.45, 7) is 0.432. The van der Waals surface area contributed by atoms with E-state index in [1.807, 2.05) is 12.1 Å². The maximum absolute atomic E-state index is 11.3. The predicted octanol–water partition coefficient (Wildman–Crippen LogP) is 1.00. The molecule has 0 fully saturated rings. The number of benzene rings is 1. The third-order valence-corrected chi connectivity index (χ3v) is 2.05. The lowest BCUT2D eigenvalue weighted by atomic mass is 10.2. The number of amides is 1. The summed E-state index contributed by atoms with van der Waals surface area (Å²) < 4.78 is 0. The standard InChI is InChI=1S/C12H12N4O/c13-6-3-7-15-12(17)9-16-11-5-2-1-4-10(11)8-14/h1-2,4-5,16H,3,7,9H2,(H,15,17). The number of nitrogens with one attached hydrogen (secondary N) is 2. The Kier molecular flexibility index (Phi) is 5.06. The van der Waals surface area contributed by atoms with Crippen molar-refractivity contribution in [3.8, 4) is 12.1 Å². The highest BCUT2D eigenvalue weighted by Gasteiger charge is 2.03. The Hall–Kier alpha value is -2.53. The third-order valence-electron chi connectivity index (χ3n) is 2.05. The van der Waals surface area contributed by atoms with Crippen LogP contribution < -0.4 is 10.6 Å². The Labute approximate surface area is 99.7 Å². The van der Waals surface area contributed by atoms with Gasteiger partial charge in [-0.05, 0) is 12.1 Å². The Bertz CT molecular complexity index is 470. The first-order valence-corrected chi connectivity index (χ1v) is 5.14. The number of rotatable bonds is 5. The number of para-hydroxylation sites is 1. The number of hydrogen-bond donors (Lipinski definition) is 2. The first kappa shape index (κ1) is 12.5. The van der Waals surface area contributed by atoms with Gasteiger partial charge in [-0.1, -0.05) is 12.1 Å². The van der Waals surface area contributed by atoms with Crippen LogP contribution in [0.3, 0.4) is 0 Å². The fraction of sp³-hybridized carbons (Fsp3) is 0.250. The monoisotopic (exact) mass is 228 g/mol. The Morgan fingerprint density at radius 1 is 1.29 bits per heavy atom. The molecule has 5 heteroatoms. The quantitative estimate of drug-likeness (QED) is 0.736. The summed E-state index contributed by atoms with van der Waals surface area (Å²) in [5.41, 5.74) is 1.13. The summed E-state index contributed by atoms with van der Waals surface area (Å²) in [6, 6.07) is 10.9. The van der Waals surface area contributed by atoms with Gasteiger partial charge < -0.3 is 10.6 Å². The molecule has 0 aliphatic heterocycles. The molecule has 0 heterocycles. The third kappa shape index (κ3) is 4.23. The topological polar surface area (TPSA) is 88.7 Å².